The molecule has 0 fully saturated rings. The second-order valence-electron chi connectivity index (χ2n) is 6.73. The lowest BCUT2D eigenvalue weighted by Crippen LogP contribution is -2.36. The van der Waals surface area contributed by atoms with E-state index in [0.717, 1.165) is 5.56 Å². The highest BCUT2D eigenvalue weighted by Crippen LogP contribution is 2.31. The van der Waals surface area contributed by atoms with Gasteiger partial charge in [0, 0.05) is 50.7 Å². The summed E-state index contributed by atoms with van der Waals surface area (Å²) in [5, 5.41) is 19.9. The Bertz CT molecular complexity index is 736. The van der Waals surface area contributed by atoms with Crippen molar-refractivity contribution in [2.75, 3.05) is 13.2 Å². The molecule has 0 radical (unpaired) electrons. The number of aromatic nitrogens is 1. The van der Waals surface area contributed by atoms with Gasteiger partial charge in [0.2, 0.25) is 0 Å². The first-order valence-electron chi connectivity index (χ1n) is 9.25. The van der Waals surface area contributed by atoms with Crippen LogP contribution in [0.1, 0.15) is 22.7 Å². The van der Waals surface area contributed by atoms with E-state index in [2.05, 4.69) is 34.1 Å². The first-order chi connectivity index (χ1) is 13.3. The number of rotatable bonds is 9. The predicted molar refractivity (Wildman–Crippen MR) is 107 cm³/mol. The normalized spacial score (nSPS) is 12.4. The number of aliphatic hydroxyl groups excluding tert-OH is 2. The van der Waals surface area contributed by atoms with Crippen molar-refractivity contribution in [3.8, 4) is 0 Å². The van der Waals surface area contributed by atoms with Gasteiger partial charge in [-0.3, -0.25) is 9.88 Å². The highest BCUT2D eigenvalue weighted by molar-refractivity contribution is 5.21. The van der Waals surface area contributed by atoms with Crippen LogP contribution in [0.25, 0.3) is 0 Å². The molecule has 1 atom stereocenters. The smallest absolute Gasteiger partial charge is 0.0499 e. The average Bonchev–Trinajstić information content (AvgIpc) is 2.73. The molecule has 0 saturated carbocycles. The van der Waals surface area contributed by atoms with Gasteiger partial charge in [-0.1, -0.05) is 66.7 Å². The minimum absolute atomic E-state index is 0.0872. The van der Waals surface area contributed by atoms with Gasteiger partial charge in [0.15, 0.2) is 0 Å². The Morgan fingerprint density at radius 1 is 0.741 bits per heavy atom. The zero-order valence-corrected chi connectivity index (χ0v) is 15.4. The fourth-order valence-electron chi connectivity index (χ4n) is 3.48. The quantitative estimate of drug-likeness (QED) is 0.612. The van der Waals surface area contributed by atoms with Crippen LogP contribution in [-0.2, 0) is 13.1 Å². The van der Waals surface area contributed by atoms with E-state index < -0.39 is 0 Å². The molecule has 1 unspecified atom stereocenters. The summed E-state index contributed by atoms with van der Waals surface area (Å²) in [6.07, 6.45) is 3.57. The van der Waals surface area contributed by atoms with Gasteiger partial charge in [-0.25, -0.2) is 0 Å². The molecule has 3 aromatic rings. The lowest BCUT2D eigenvalue weighted by molar-refractivity contribution is 0.0474. The third-order valence-electron chi connectivity index (χ3n) is 4.79. The molecular formula is C23H26N2O2. The van der Waals surface area contributed by atoms with Crippen molar-refractivity contribution >= 4 is 0 Å². The molecule has 2 aromatic carbocycles. The van der Waals surface area contributed by atoms with Crippen LogP contribution in [0, 0.1) is 5.92 Å². The molecule has 140 valence electrons. The number of nitrogens with zero attached hydrogens (tertiary/aromatic N) is 2. The van der Waals surface area contributed by atoms with E-state index in [4.69, 9.17) is 0 Å². The summed E-state index contributed by atoms with van der Waals surface area (Å²) in [4.78, 5) is 6.57. The summed E-state index contributed by atoms with van der Waals surface area (Å²) >= 11 is 0. The zero-order chi connectivity index (χ0) is 18.9. The lowest BCUT2D eigenvalue weighted by Gasteiger charge is -2.36. The fourth-order valence-corrected chi connectivity index (χ4v) is 3.48. The Morgan fingerprint density at radius 2 is 1.30 bits per heavy atom. The fraction of sp³-hybridized carbons (Fsp3) is 0.261. The summed E-state index contributed by atoms with van der Waals surface area (Å²) < 4.78 is 0. The van der Waals surface area contributed by atoms with E-state index in [1.165, 1.54) is 11.1 Å². The third-order valence-corrected chi connectivity index (χ3v) is 4.79. The van der Waals surface area contributed by atoms with Crippen molar-refractivity contribution in [2.24, 2.45) is 5.92 Å². The van der Waals surface area contributed by atoms with Crippen molar-refractivity contribution in [2.45, 2.75) is 19.1 Å². The van der Waals surface area contributed by atoms with Crippen molar-refractivity contribution in [1.29, 1.82) is 0 Å². The summed E-state index contributed by atoms with van der Waals surface area (Å²) in [5.41, 5.74) is 3.38. The Labute approximate surface area is 160 Å². The zero-order valence-electron chi connectivity index (χ0n) is 15.4. The molecule has 0 aliphatic heterocycles. The number of pyridine rings is 1. The van der Waals surface area contributed by atoms with E-state index in [-0.39, 0.29) is 25.2 Å². The van der Waals surface area contributed by atoms with Gasteiger partial charge in [0.1, 0.15) is 0 Å². The highest BCUT2D eigenvalue weighted by atomic mass is 16.3. The molecule has 0 saturated heterocycles. The van der Waals surface area contributed by atoms with Gasteiger partial charge in [-0.2, -0.15) is 0 Å². The minimum Gasteiger partial charge on any atom is -0.396 e. The lowest BCUT2D eigenvalue weighted by atomic mass is 9.92. The SMILES string of the molecule is OCC(CO)C(c1cccnc1)N(Cc1ccccc1)Cc1ccccc1. The van der Waals surface area contributed by atoms with E-state index in [1.54, 1.807) is 6.20 Å². The maximum Gasteiger partial charge on any atom is 0.0499 e. The Kier molecular flexibility index (Phi) is 7.11. The van der Waals surface area contributed by atoms with Crippen LogP contribution in [0.3, 0.4) is 0 Å². The van der Waals surface area contributed by atoms with Crippen LogP contribution in [-0.4, -0.2) is 33.3 Å². The van der Waals surface area contributed by atoms with Crippen LogP contribution in [0.4, 0.5) is 0 Å². The van der Waals surface area contributed by atoms with Crippen molar-refractivity contribution < 1.29 is 10.2 Å². The summed E-state index contributed by atoms with van der Waals surface area (Å²) in [6, 6.07) is 24.3. The standard InChI is InChI=1S/C23H26N2O2/c26-17-22(18-27)23(21-12-7-13-24-14-21)25(15-19-8-3-1-4-9-19)16-20-10-5-2-6-11-20/h1-14,22-23,26-27H,15-18H2. The molecule has 27 heavy (non-hydrogen) atoms. The molecule has 4 nitrogen and oxygen atoms in total. The predicted octanol–water partition coefficient (Wildman–Crippen LogP) is 3.43. The monoisotopic (exact) mass is 362 g/mol. The Balaban J connectivity index is 1.98. The van der Waals surface area contributed by atoms with Crippen molar-refractivity contribution in [1.82, 2.24) is 9.88 Å². The highest BCUT2D eigenvalue weighted by Gasteiger charge is 2.29. The van der Waals surface area contributed by atoms with Gasteiger partial charge < -0.3 is 10.2 Å². The van der Waals surface area contributed by atoms with Gasteiger partial charge in [0.25, 0.3) is 0 Å². The summed E-state index contributed by atoms with van der Waals surface area (Å²) in [5.74, 6) is -0.290. The largest absolute Gasteiger partial charge is 0.396 e. The number of hydrogen-bond acceptors (Lipinski definition) is 4. The minimum atomic E-state index is -0.290. The van der Waals surface area contributed by atoms with Gasteiger partial charge in [-0.05, 0) is 22.8 Å². The van der Waals surface area contributed by atoms with Crippen molar-refractivity contribution in [3.05, 3.63) is 102 Å². The van der Waals surface area contributed by atoms with Crippen LogP contribution >= 0.6 is 0 Å². The molecule has 2 N–H and O–H groups in total. The first-order valence-corrected chi connectivity index (χ1v) is 9.25. The molecular weight excluding hydrogens is 336 g/mol. The van der Waals surface area contributed by atoms with E-state index in [0.29, 0.717) is 13.1 Å². The van der Waals surface area contributed by atoms with Crippen LogP contribution in [0.15, 0.2) is 85.2 Å². The molecule has 0 bridgehead atoms. The van der Waals surface area contributed by atoms with Crippen LogP contribution in [0.5, 0.6) is 0 Å². The summed E-state index contributed by atoms with van der Waals surface area (Å²) in [7, 11) is 0. The Hall–Kier alpha value is -2.53. The second-order valence-corrected chi connectivity index (χ2v) is 6.73. The Morgan fingerprint density at radius 3 is 1.74 bits per heavy atom. The molecule has 0 aliphatic rings. The molecule has 1 heterocycles. The van der Waals surface area contributed by atoms with Gasteiger partial charge in [-0.15, -0.1) is 0 Å². The van der Waals surface area contributed by atoms with Crippen LogP contribution < -0.4 is 0 Å². The van der Waals surface area contributed by atoms with Crippen LogP contribution in [0.2, 0.25) is 0 Å². The summed E-state index contributed by atoms with van der Waals surface area (Å²) in [6.45, 7) is 1.25. The van der Waals surface area contributed by atoms with Gasteiger partial charge >= 0.3 is 0 Å². The number of aliphatic hydroxyl groups is 2. The molecule has 1 aromatic heterocycles. The average molecular weight is 362 g/mol. The maximum absolute atomic E-state index is 9.93. The molecule has 4 heteroatoms. The first kappa shape index (κ1) is 19.2. The molecule has 0 amide bonds. The van der Waals surface area contributed by atoms with E-state index in [9.17, 15) is 10.2 Å². The third kappa shape index (κ3) is 5.23. The molecule has 3 rings (SSSR count). The maximum atomic E-state index is 9.93. The van der Waals surface area contributed by atoms with E-state index >= 15 is 0 Å². The number of benzene rings is 2. The molecule has 0 spiro atoms. The van der Waals surface area contributed by atoms with E-state index in [1.807, 2.05) is 54.7 Å². The molecule has 0 aliphatic carbocycles. The van der Waals surface area contributed by atoms with Crippen molar-refractivity contribution in [3.63, 3.8) is 0 Å². The topological polar surface area (TPSA) is 56.6 Å². The second kappa shape index (κ2) is 9.97. The van der Waals surface area contributed by atoms with Gasteiger partial charge in [0.05, 0.1) is 0 Å². The number of hydrogen-bond donors (Lipinski definition) is 2.